The van der Waals surface area contributed by atoms with Crippen LogP contribution in [0.1, 0.15) is 19.8 Å². The van der Waals surface area contributed by atoms with Gasteiger partial charge in [0.1, 0.15) is 4.90 Å². The zero-order chi connectivity index (χ0) is 15.2. The maximum absolute atomic E-state index is 12.0. The first-order chi connectivity index (χ1) is 9.35. The lowest BCUT2D eigenvalue weighted by molar-refractivity contribution is -0.137. The van der Waals surface area contributed by atoms with Crippen molar-refractivity contribution in [3.05, 3.63) is 12.4 Å². The van der Waals surface area contributed by atoms with Crippen LogP contribution in [0.5, 0.6) is 0 Å². The maximum Gasteiger partial charge on any atom is 0.305 e. The minimum Gasteiger partial charge on any atom is -0.481 e. The van der Waals surface area contributed by atoms with Crippen molar-refractivity contribution in [3.63, 3.8) is 0 Å². The summed E-state index contributed by atoms with van der Waals surface area (Å²) in [4.78, 5) is 10.5. The van der Waals surface area contributed by atoms with Gasteiger partial charge in [0, 0.05) is 18.0 Å². The fourth-order valence-electron chi connectivity index (χ4n) is 1.41. The highest BCUT2D eigenvalue weighted by molar-refractivity contribution is 7.99. The average molecular weight is 321 g/mol. The van der Waals surface area contributed by atoms with Gasteiger partial charge in [-0.2, -0.15) is 16.9 Å². The van der Waals surface area contributed by atoms with Crippen molar-refractivity contribution in [2.45, 2.75) is 36.5 Å². The number of aromatic nitrogens is 2. The number of rotatable bonds is 9. The molecule has 7 nitrogen and oxygen atoms in total. The second-order valence-corrected chi connectivity index (χ2v) is 7.36. The predicted octanol–water partition coefficient (Wildman–Crippen LogP) is 0.778. The number of sulfonamides is 1. The summed E-state index contributed by atoms with van der Waals surface area (Å²) >= 11 is 1.68. The minimum absolute atomic E-state index is 0.0553. The van der Waals surface area contributed by atoms with Crippen molar-refractivity contribution < 1.29 is 18.3 Å². The van der Waals surface area contributed by atoms with Crippen molar-refractivity contribution in [2.24, 2.45) is 0 Å². The highest BCUT2D eigenvalue weighted by Crippen LogP contribution is 2.10. The van der Waals surface area contributed by atoms with E-state index in [0.717, 1.165) is 6.42 Å². The van der Waals surface area contributed by atoms with Gasteiger partial charge in [-0.15, -0.1) is 0 Å². The second kappa shape index (κ2) is 7.65. The van der Waals surface area contributed by atoms with Crippen LogP contribution in [0.15, 0.2) is 17.3 Å². The number of thioether (sulfide) groups is 1. The summed E-state index contributed by atoms with van der Waals surface area (Å²) in [6.45, 7) is 2.54. The third kappa shape index (κ3) is 5.51. The molecule has 9 heteroatoms. The maximum atomic E-state index is 12.0. The first kappa shape index (κ1) is 17.0. The number of aliphatic carboxylic acids is 1. The molecule has 0 aliphatic rings. The number of aryl methyl sites for hydroxylation is 1. The number of carboxylic acid groups (broad SMARTS) is 1. The molecule has 2 N–H and O–H groups in total. The van der Waals surface area contributed by atoms with E-state index in [1.54, 1.807) is 11.8 Å². The molecule has 1 aromatic heterocycles. The molecule has 20 heavy (non-hydrogen) atoms. The van der Waals surface area contributed by atoms with Gasteiger partial charge in [-0.05, 0) is 12.7 Å². The van der Waals surface area contributed by atoms with E-state index in [1.165, 1.54) is 17.1 Å². The van der Waals surface area contributed by atoms with Gasteiger partial charge >= 0.3 is 5.97 Å². The molecule has 0 saturated heterocycles. The number of carbonyl (C=O) groups is 1. The van der Waals surface area contributed by atoms with Crippen LogP contribution in [-0.4, -0.2) is 47.3 Å². The average Bonchev–Trinajstić information content (AvgIpc) is 2.85. The Hall–Kier alpha value is -1.06. The van der Waals surface area contributed by atoms with Gasteiger partial charge in [0.2, 0.25) is 10.0 Å². The van der Waals surface area contributed by atoms with E-state index >= 15 is 0 Å². The number of hydrogen-bond acceptors (Lipinski definition) is 5. The number of nitrogens with zero attached hydrogens (tertiary/aromatic N) is 2. The molecule has 0 fully saturated rings. The Bertz CT molecular complexity index is 542. The SMILES string of the molecule is CSC(C)CCNS(=O)(=O)c1cnn(CCC(=O)O)c1. The van der Waals surface area contributed by atoms with Crippen LogP contribution >= 0.6 is 11.8 Å². The van der Waals surface area contributed by atoms with Crippen LogP contribution in [0.4, 0.5) is 0 Å². The van der Waals surface area contributed by atoms with Gasteiger partial charge in [0.05, 0.1) is 19.2 Å². The smallest absolute Gasteiger partial charge is 0.305 e. The molecule has 0 aliphatic heterocycles. The van der Waals surface area contributed by atoms with Gasteiger partial charge in [-0.1, -0.05) is 6.92 Å². The first-order valence-electron chi connectivity index (χ1n) is 6.12. The lowest BCUT2D eigenvalue weighted by atomic mass is 10.3. The highest BCUT2D eigenvalue weighted by Gasteiger charge is 2.16. The van der Waals surface area contributed by atoms with Gasteiger partial charge in [0.15, 0.2) is 0 Å². The summed E-state index contributed by atoms with van der Waals surface area (Å²) in [7, 11) is -3.57. The van der Waals surface area contributed by atoms with E-state index in [4.69, 9.17) is 5.11 Å². The molecule has 0 saturated carbocycles. The molecule has 0 aromatic carbocycles. The molecule has 1 aromatic rings. The molecule has 1 heterocycles. The molecule has 114 valence electrons. The number of nitrogens with one attached hydrogen (secondary N) is 1. The summed E-state index contributed by atoms with van der Waals surface area (Å²) in [5, 5.41) is 12.8. The van der Waals surface area contributed by atoms with E-state index in [0.29, 0.717) is 11.8 Å². The van der Waals surface area contributed by atoms with Crippen molar-refractivity contribution in [1.82, 2.24) is 14.5 Å². The Morgan fingerprint density at radius 1 is 1.60 bits per heavy atom. The van der Waals surface area contributed by atoms with E-state index in [2.05, 4.69) is 9.82 Å². The van der Waals surface area contributed by atoms with Gasteiger partial charge in [-0.3, -0.25) is 9.48 Å². The van der Waals surface area contributed by atoms with Gasteiger partial charge in [-0.25, -0.2) is 13.1 Å². The Balaban J connectivity index is 2.57. The van der Waals surface area contributed by atoms with Crippen LogP contribution in [0.2, 0.25) is 0 Å². The zero-order valence-electron chi connectivity index (χ0n) is 11.4. The van der Waals surface area contributed by atoms with Crippen LogP contribution < -0.4 is 4.72 Å². The normalized spacial score (nSPS) is 13.3. The minimum atomic E-state index is -3.57. The molecular formula is C11H19N3O4S2. The highest BCUT2D eigenvalue weighted by atomic mass is 32.2. The molecule has 0 aliphatic carbocycles. The molecule has 0 radical (unpaired) electrons. The molecular weight excluding hydrogens is 302 g/mol. The predicted molar refractivity (Wildman–Crippen MR) is 77.3 cm³/mol. The fraction of sp³-hybridized carbons (Fsp3) is 0.636. The van der Waals surface area contributed by atoms with Crippen LogP contribution in [0, 0.1) is 0 Å². The standard InChI is InChI=1S/C11H19N3O4S2/c1-9(19-2)3-5-13-20(17,18)10-7-12-14(8-10)6-4-11(15)16/h7-9,13H,3-6H2,1-2H3,(H,15,16). The van der Waals surface area contributed by atoms with Crippen molar-refractivity contribution in [1.29, 1.82) is 0 Å². The molecule has 1 atom stereocenters. The van der Waals surface area contributed by atoms with Crippen LogP contribution in [0.25, 0.3) is 0 Å². The van der Waals surface area contributed by atoms with Crippen molar-refractivity contribution in [2.75, 3.05) is 12.8 Å². The van der Waals surface area contributed by atoms with Crippen LogP contribution in [-0.2, 0) is 21.4 Å². The summed E-state index contributed by atoms with van der Waals surface area (Å²) in [6.07, 6.45) is 5.19. The van der Waals surface area contributed by atoms with E-state index in [9.17, 15) is 13.2 Å². The Morgan fingerprint density at radius 2 is 2.30 bits per heavy atom. The van der Waals surface area contributed by atoms with Crippen molar-refractivity contribution >= 4 is 27.8 Å². The Morgan fingerprint density at radius 3 is 2.90 bits per heavy atom. The van der Waals surface area contributed by atoms with E-state index in [-0.39, 0.29) is 17.9 Å². The zero-order valence-corrected chi connectivity index (χ0v) is 13.1. The second-order valence-electron chi connectivity index (χ2n) is 4.32. The fourth-order valence-corrected chi connectivity index (χ4v) is 2.77. The largest absolute Gasteiger partial charge is 0.481 e. The van der Waals surface area contributed by atoms with Crippen molar-refractivity contribution in [3.8, 4) is 0 Å². The summed E-state index contributed by atoms with van der Waals surface area (Å²) in [6, 6.07) is 0. The van der Waals surface area contributed by atoms with E-state index < -0.39 is 16.0 Å². The lowest BCUT2D eigenvalue weighted by Crippen LogP contribution is -2.26. The quantitative estimate of drug-likeness (QED) is 0.697. The summed E-state index contributed by atoms with van der Waals surface area (Å²) in [5.41, 5.74) is 0. The molecule has 0 spiro atoms. The molecule has 1 unspecified atom stereocenters. The van der Waals surface area contributed by atoms with Gasteiger partial charge in [0.25, 0.3) is 0 Å². The lowest BCUT2D eigenvalue weighted by Gasteiger charge is -2.08. The Kier molecular flexibility index (Phi) is 6.50. The van der Waals surface area contributed by atoms with E-state index in [1.807, 2.05) is 13.2 Å². The monoisotopic (exact) mass is 321 g/mol. The van der Waals surface area contributed by atoms with Gasteiger partial charge < -0.3 is 5.11 Å². The Labute approximate surface area is 122 Å². The number of hydrogen-bond donors (Lipinski definition) is 2. The molecule has 1 rings (SSSR count). The first-order valence-corrected chi connectivity index (χ1v) is 8.89. The topological polar surface area (TPSA) is 101 Å². The summed E-state index contributed by atoms with van der Waals surface area (Å²) in [5.74, 6) is -0.950. The molecule has 0 bridgehead atoms. The third-order valence-corrected chi connectivity index (χ3v) is 5.18. The van der Waals surface area contributed by atoms with Crippen LogP contribution in [0.3, 0.4) is 0 Å². The summed E-state index contributed by atoms with van der Waals surface area (Å²) < 4.78 is 27.8. The number of carboxylic acids is 1. The third-order valence-electron chi connectivity index (χ3n) is 2.72. The molecule has 0 amide bonds.